The Kier molecular flexibility index (Phi) is 7.28. The molecule has 1 aromatic carbocycles. The van der Waals surface area contributed by atoms with Crippen molar-refractivity contribution in [3.63, 3.8) is 0 Å². The topological polar surface area (TPSA) is 68.8 Å². The van der Waals surface area contributed by atoms with Gasteiger partial charge in [-0.25, -0.2) is 4.68 Å². The van der Waals surface area contributed by atoms with Crippen molar-refractivity contribution in [2.24, 2.45) is 0 Å². The van der Waals surface area contributed by atoms with Crippen LogP contribution in [0.5, 0.6) is 0 Å². The lowest BCUT2D eigenvalue weighted by atomic mass is 10.1. The molecule has 9 heteroatoms. The molecule has 6 nitrogen and oxygen atoms in total. The van der Waals surface area contributed by atoms with Crippen molar-refractivity contribution >= 4 is 35.6 Å². The Balaban J connectivity index is 0.00000261. The van der Waals surface area contributed by atoms with Crippen LogP contribution < -0.4 is 5.32 Å². The van der Waals surface area contributed by atoms with Gasteiger partial charge in [0.15, 0.2) is 5.82 Å². The molecule has 2 heterocycles. The second kappa shape index (κ2) is 9.06. The van der Waals surface area contributed by atoms with Crippen LogP contribution in [0, 0.1) is 13.8 Å². The molecule has 0 spiro atoms. The zero-order valence-electron chi connectivity index (χ0n) is 15.6. The lowest BCUT2D eigenvalue weighted by molar-refractivity contribution is 0.377. The van der Waals surface area contributed by atoms with Crippen LogP contribution in [-0.2, 0) is 12.8 Å². The molecule has 1 N–H and O–H groups in total. The Labute approximate surface area is 174 Å². The zero-order valence-corrected chi connectivity index (χ0v) is 17.9. The Morgan fingerprint density at radius 3 is 2.67 bits per heavy atom. The molecular weight excluding hydrogens is 409 g/mol. The number of nitrogens with zero attached hydrogens (tertiary/aromatic N) is 4. The van der Waals surface area contributed by atoms with E-state index < -0.39 is 0 Å². The van der Waals surface area contributed by atoms with Gasteiger partial charge in [-0.15, -0.1) is 12.4 Å². The Bertz CT molecular complexity index is 922. The summed E-state index contributed by atoms with van der Waals surface area (Å²) in [7, 11) is 1.91. The zero-order chi connectivity index (χ0) is 18.8. The minimum absolute atomic E-state index is 0. The summed E-state index contributed by atoms with van der Waals surface area (Å²) in [5, 5.41) is 13.0. The lowest BCUT2D eigenvalue weighted by Gasteiger charge is -2.07. The van der Waals surface area contributed by atoms with E-state index in [1.54, 1.807) is 12.1 Å². The largest absolute Gasteiger partial charge is 0.339 e. The fraction of sp³-hybridized carbons (Fsp3) is 0.389. The summed E-state index contributed by atoms with van der Waals surface area (Å²) >= 11 is 12.3. The van der Waals surface area contributed by atoms with Gasteiger partial charge >= 0.3 is 0 Å². The monoisotopic (exact) mass is 429 g/mol. The third-order valence-corrected chi connectivity index (χ3v) is 4.94. The summed E-state index contributed by atoms with van der Waals surface area (Å²) in [5.41, 5.74) is 3.72. The van der Waals surface area contributed by atoms with Crippen LogP contribution in [-0.4, -0.2) is 33.0 Å². The molecule has 0 radical (unpaired) electrons. The van der Waals surface area contributed by atoms with E-state index in [0.29, 0.717) is 34.2 Å². The standard InChI is InChI=1S/C18H21Cl2N5O.ClH/c1-10(21-4)7-17-22-18(26-24-17)9-14-11(2)23-25(12(14)3)16-6-5-13(19)8-15(16)20;/h5-6,8,10,21H,7,9H2,1-4H3;1H. The maximum absolute atomic E-state index is 6.33. The predicted molar refractivity (Wildman–Crippen MR) is 110 cm³/mol. The SMILES string of the molecule is CNC(C)Cc1noc(Cc2c(C)nn(-c3ccc(Cl)cc3Cl)c2C)n1.Cl. The van der Waals surface area contributed by atoms with Gasteiger partial charge in [0.2, 0.25) is 5.89 Å². The van der Waals surface area contributed by atoms with Crippen LogP contribution in [0.25, 0.3) is 5.69 Å². The van der Waals surface area contributed by atoms with E-state index in [0.717, 1.165) is 29.1 Å². The molecule has 0 aliphatic heterocycles. The number of aromatic nitrogens is 4. The number of halogens is 3. The van der Waals surface area contributed by atoms with Crippen LogP contribution in [0.1, 0.15) is 35.6 Å². The van der Waals surface area contributed by atoms with Crippen molar-refractivity contribution in [3.05, 3.63) is 56.9 Å². The average Bonchev–Trinajstić information content (AvgIpc) is 3.14. The molecule has 2 aromatic heterocycles. The van der Waals surface area contributed by atoms with Gasteiger partial charge < -0.3 is 9.84 Å². The molecule has 0 saturated heterocycles. The second-order valence-electron chi connectivity index (χ2n) is 6.33. The highest BCUT2D eigenvalue weighted by Gasteiger charge is 2.18. The average molecular weight is 431 g/mol. The van der Waals surface area contributed by atoms with Crippen molar-refractivity contribution in [1.82, 2.24) is 25.2 Å². The van der Waals surface area contributed by atoms with E-state index >= 15 is 0 Å². The van der Waals surface area contributed by atoms with E-state index in [4.69, 9.17) is 27.7 Å². The molecule has 3 rings (SSSR count). The summed E-state index contributed by atoms with van der Waals surface area (Å²) in [5.74, 6) is 1.28. The highest BCUT2D eigenvalue weighted by atomic mass is 35.5. The fourth-order valence-corrected chi connectivity index (χ4v) is 3.28. The minimum atomic E-state index is 0. The Hall–Kier alpha value is -1.60. The number of aryl methyl sites for hydroxylation is 1. The molecule has 0 saturated carbocycles. The molecule has 1 unspecified atom stereocenters. The quantitative estimate of drug-likeness (QED) is 0.630. The molecule has 0 bridgehead atoms. The number of hydrogen-bond donors (Lipinski definition) is 1. The first-order valence-electron chi connectivity index (χ1n) is 8.38. The first-order valence-corrected chi connectivity index (χ1v) is 9.14. The molecule has 1 atom stereocenters. The van der Waals surface area contributed by atoms with Gasteiger partial charge in [0.25, 0.3) is 0 Å². The van der Waals surface area contributed by atoms with Crippen LogP contribution >= 0.6 is 35.6 Å². The first-order chi connectivity index (χ1) is 12.4. The van der Waals surface area contributed by atoms with Crippen molar-refractivity contribution in [1.29, 1.82) is 0 Å². The fourth-order valence-electron chi connectivity index (χ4n) is 2.79. The number of likely N-dealkylation sites (N-methyl/N-ethyl adjacent to an activating group) is 1. The van der Waals surface area contributed by atoms with Crippen molar-refractivity contribution in [2.45, 2.75) is 39.7 Å². The Morgan fingerprint density at radius 1 is 1.26 bits per heavy atom. The highest BCUT2D eigenvalue weighted by molar-refractivity contribution is 6.35. The molecule has 27 heavy (non-hydrogen) atoms. The van der Waals surface area contributed by atoms with Crippen LogP contribution in [0.15, 0.2) is 22.7 Å². The van der Waals surface area contributed by atoms with Crippen molar-refractivity contribution in [2.75, 3.05) is 7.05 Å². The highest BCUT2D eigenvalue weighted by Crippen LogP contribution is 2.27. The van der Waals surface area contributed by atoms with Gasteiger partial charge in [-0.3, -0.25) is 0 Å². The van der Waals surface area contributed by atoms with Crippen LogP contribution in [0.3, 0.4) is 0 Å². The number of hydrogen-bond acceptors (Lipinski definition) is 5. The molecule has 146 valence electrons. The third kappa shape index (κ3) is 4.82. The first kappa shape index (κ1) is 21.7. The molecule has 0 aliphatic rings. The van der Waals surface area contributed by atoms with Crippen molar-refractivity contribution in [3.8, 4) is 5.69 Å². The molecular formula is C18H22Cl3N5O. The van der Waals surface area contributed by atoms with Crippen LogP contribution in [0.4, 0.5) is 0 Å². The van der Waals surface area contributed by atoms with Crippen molar-refractivity contribution < 1.29 is 4.52 Å². The van der Waals surface area contributed by atoms with E-state index in [-0.39, 0.29) is 12.4 Å². The van der Waals surface area contributed by atoms with Gasteiger partial charge in [-0.1, -0.05) is 28.4 Å². The summed E-state index contributed by atoms with van der Waals surface area (Å²) in [4.78, 5) is 4.49. The van der Waals surface area contributed by atoms with Gasteiger partial charge in [-0.2, -0.15) is 10.1 Å². The van der Waals surface area contributed by atoms with Crippen LogP contribution in [0.2, 0.25) is 10.0 Å². The minimum Gasteiger partial charge on any atom is -0.339 e. The van der Waals surface area contributed by atoms with E-state index in [9.17, 15) is 0 Å². The molecule has 0 aliphatic carbocycles. The van der Waals surface area contributed by atoms with E-state index in [1.165, 1.54) is 0 Å². The van der Waals surface area contributed by atoms with E-state index in [1.807, 2.05) is 31.6 Å². The normalized spacial score (nSPS) is 12.1. The van der Waals surface area contributed by atoms with Gasteiger partial charge in [0, 0.05) is 28.7 Å². The maximum atomic E-state index is 6.33. The lowest BCUT2D eigenvalue weighted by Crippen LogP contribution is -2.24. The summed E-state index contributed by atoms with van der Waals surface area (Å²) in [6, 6.07) is 5.66. The number of nitrogens with one attached hydrogen (secondary N) is 1. The van der Waals surface area contributed by atoms with Gasteiger partial charge in [0.05, 0.1) is 22.8 Å². The maximum Gasteiger partial charge on any atom is 0.231 e. The predicted octanol–water partition coefficient (Wildman–Crippen LogP) is 4.34. The third-order valence-electron chi connectivity index (χ3n) is 4.40. The Morgan fingerprint density at radius 2 is 2.00 bits per heavy atom. The summed E-state index contributed by atoms with van der Waals surface area (Å²) in [6.07, 6.45) is 1.25. The molecule has 3 aromatic rings. The molecule has 0 amide bonds. The smallest absolute Gasteiger partial charge is 0.231 e. The van der Waals surface area contributed by atoms with E-state index in [2.05, 4.69) is 27.5 Å². The second-order valence-corrected chi connectivity index (χ2v) is 7.18. The van der Waals surface area contributed by atoms with Gasteiger partial charge in [-0.05, 0) is 46.0 Å². The number of rotatable bonds is 6. The molecule has 0 fully saturated rings. The van der Waals surface area contributed by atoms with Gasteiger partial charge in [0.1, 0.15) is 0 Å². The summed E-state index contributed by atoms with van der Waals surface area (Å²) in [6.45, 7) is 6.04. The number of benzene rings is 1. The summed E-state index contributed by atoms with van der Waals surface area (Å²) < 4.78 is 7.23.